The van der Waals surface area contributed by atoms with Crippen LogP contribution in [0.5, 0.6) is 5.75 Å². The molecule has 0 N–H and O–H groups in total. The molecular weight excluding hydrogens is 368 g/mol. The van der Waals surface area contributed by atoms with E-state index >= 15 is 0 Å². The van der Waals surface area contributed by atoms with Gasteiger partial charge in [-0.15, -0.1) is 0 Å². The van der Waals surface area contributed by atoms with Crippen molar-refractivity contribution in [3.63, 3.8) is 0 Å². The monoisotopic (exact) mass is 408 g/mol. The summed E-state index contributed by atoms with van der Waals surface area (Å²) in [7, 11) is 0. The second-order valence-electron chi connectivity index (χ2n) is 8.06. The molecule has 164 valence electrons. The normalized spacial score (nSPS) is 11.3. The van der Waals surface area contributed by atoms with Gasteiger partial charge in [0.15, 0.2) is 11.6 Å². The van der Waals surface area contributed by atoms with E-state index in [1.807, 2.05) is 0 Å². The molecule has 1 aromatic heterocycles. The summed E-state index contributed by atoms with van der Waals surface area (Å²) in [5, 5.41) is 0. The van der Waals surface area contributed by atoms with E-state index < -0.39 is 0 Å². The number of aryl methyl sites for hydroxylation is 1. The number of benzene rings is 1. The van der Waals surface area contributed by atoms with E-state index in [1.165, 1.54) is 56.9 Å². The molecule has 0 spiro atoms. The third-order valence-corrected chi connectivity index (χ3v) is 5.32. The molecule has 0 aliphatic carbocycles. The van der Waals surface area contributed by atoms with E-state index in [4.69, 9.17) is 4.74 Å². The number of unbranched alkanes of at least 4 members (excludes halogenated alkanes) is 8. The molecule has 0 unspecified atom stereocenters. The van der Waals surface area contributed by atoms with E-state index in [0.717, 1.165) is 42.8 Å². The first-order valence-corrected chi connectivity index (χ1v) is 12.0. The Morgan fingerprint density at radius 2 is 1.40 bits per heavy atom. The first-order valence-electron chi connectivity index (χ1n) is 12.0. The topological polar surface area (TPSA) is 35.0 Å². The minimum absolute atomic E-state index is 0.701. The van der Waals surface area contributed by atoms with Crippen molar-refractivity contribution in [2.75, 3.05) is 6.61 Å². The van der Waals surface area contributed by atoms with Crippen LogP contribution in [0.1, 0.15) is 90.0 Å². The lowest BCUT2D eigenvalue weighted by molar-refractivity contribution is 0.309. The maximum Gasteiger partial charge on any atom is 0.159 e. The number of rotatable bonds is 16. The zero-order chi connectivity index (χ0) is 21.3. The minimum Gasteiger partial charge on any atom is -0.490 e. The van der Waals surface area contributed by atoms with E-state index in [0.29, 0.717) is 6.61 Å². The smallest absolute Gasteiger partial charge is 0.159 e. The third-order valence-electron chi connectivity index (χ3n) is 5.32. The predicted molar refractivity (Wildman–Crippen MR) is 128 cm³/mol. The Hall–Kier alpha value is -2.16. The molecule has 0 saturated carbocycles. The summed E-state index contributed by atoms with van der Waals surface area (Å²) in [6.45, 7) is 5.17. The van der Waals surface area contributed by atoms with E-state index in [9.17, 15) is 0 Å². The summed E-state index contributed by atoms with van der Waals surface area (Å²) >= 11 is 0. The van der Waals surface area contributed by atoms with Crippen LogP contribution in [0.3, 0.4) is 0 Å². The van der Waals surface area contributed by atoms with E-state index in [1.54, 1.807) is 12.4 Å². The van der Waals surface area contributed by atoms with Crippen molar-refractivity contribution in [1.82, 2.24) is 9.97 Å². The number of hydrogen-bond donors (Lipinski definition) is 0. The molecule has 2 aromatic rings. The number of hydrogen-bond acceptors (Lipinski definition) is 3. The molecular formula is C27H40N2O. The van der Waals surface area contributed by atoms with Crippen molar-refractivity contribution < 1.29 is 4.74 Å². The van der Waals surface area contributed by atoms with Crippen LogP contribution in [0, 0.1) is 0 Å². The second kappa shape index (κ2) is 15.6. The van der Waals surface area contributed by atoms with Crippen molar-refractivity contribution in [1.29, 1.82) is 0 Å². The Labute approximate surface area is 184 Å². The lowest BCUT2D eigenvalue weighted by atomic mass is 10.0. The highest BCUT2D eigenvalue weighted by molar-refractivity contribution is 5.55. The van der Waals surface area contributed by atoms with Crippen LogP contribution < -0.4 is 4.74 Å². The molecule has 0 aliphatic heterocycles. The summed E-state index contributed by atoms with van der Waals surface area (Å²) in [5.41, 5.74) is 2.46. The maximum atomic E-state index is 5.75. The fourth-order valence-electron chi connectivity index (χ4n) is 3.44. The van der Waals surface area contributed by atoms with Crippen LogP contribution >= 0.6 is 0 Å². The lowest BCUT2D eigenvalue weighted by Crippen LogP contribution is -1.98. The molecule has 3 heteroatoms. The molecule has 0 radical (unpaired) electrons. The molecule has 1 aromatic carbocycles. The number of nitrogens with zero attached hydrogens (tertiary/aromatic N) is 2. The summed E-state index contributed by atoms with van der Waals surface area (Å²) in [6, 6.07) is 8.70. The average molecular weight is 409 g/mol. The van der Waals surface area contributed by atoms with Crippen molar-refractivity contribution in [3.05, 3.63) is 54.4 Å². The largest absolute Gasteiger partial charge is 0.490 e. The van der Waals surface area contributed by atoms with Crippen LogP contribution in [-0.4, -0.2) is 16.6 Å². The summed E-state index contributed by atoms with van der Waals surface area (Å²) in [4.78, 5) is 8.96. The van der Waals surface area contributed by atoms with Gasteiger partial charge < -0.3 is 4.74 Å². The Morgan fingerprint density at radius 3 is 2.10 bits per heavy atom. The number of ether oxygens (including phenoxy) is 1. The summed E-state index contributed by atoms with van der Waals surface area (Å²) in [6.07, 6.45) is 23.1. The minimum atomic E-state index is 0.701. The zero-order valence-corrected chi connectivity index (χ0v) is 19.1. The lowest BCUT2D eigenvalue weighted by Gasteiger charge is -2.06. The SMILES string of the molecule is CCC/C=C/CCCOc1cnc(-c2ccc(CCCCCCCCC)cc2)nc1. The van der Waals surface area contributed by atoms with Crippen LogP contribution in [0.25, 0.3) is 11.4 Å². The van der Waals surface area contributed by atoms with Crippen LogP contribution in [0.15, 0.2) is 48.8 Å². The molecule has 3 nitrogen and oxygen atoms in total. The standard InChI is InChI=1S/C27H40N2O/c1-3-5-7-9-11-12-14-16-24-17-19-25(20-18-24)27-28-22-26(23-29-27)30-21-15-13-10-8-6-4-2/h8,10,17-20,22-23H,3-7,9,11-16,21H2,1-2H3/b10-8+. The van der Waals surface area contributed by atoms with Gasteiger partial charge in [0, 0.05) is 5.56 Å². The zero-order valence-electron chi connectivity index (χ0n) is 19.1. The van der Waals surface area contributed by atoms with Gasteiger partial charge >= 0.3 is 0 Å². The van der Waals surface area contributed by atoms with Crippen molar-refractivity contribution in [2.24, 2.45) is 0 Å². The third kappa shape index (κ3) is 10.0. The van der Waals surface area contributed by atoms with Crippen molar-refractivity contribution >= 4 is 0 Å². The highest BCUT2D eigenvalue weighted by atomic mass is 16.5. The molecule has 0 aliphatic rings. The van der Waals surface area contributed by atoms with Crippen LogP contribution in [-0.2, 0) is 6.42 Å². The van der Waals surface area contributed by atoms with Gasteiger partial charge in [0.05, 0.1) is 19.0 Å². The molecule has 1 heterocycles. The van der Waals surface area contributed by atoms with Gasteiger partial charge in [-0.3, -0.25) is 0 Å². The quantitative estimate of drug-likeness (QED) is 0.209. The Balaban J connectivity index is 1.68. The molecule has 0 atom stereocenters. The maximum absolute atomic E-state index is 5.75. The molecule has 0 bridgehead atoms. The fourth-order valence-corrected chi connectivity index (χ4v) is 3.44. The Kier molecular flexibility index (Phi) is 12.6. The first kappa shape index (κ1) is 24.1. The highest BCUT2D eigenvalue weighted by Gasteiger charge is 2.03. The van der Waals surface area contributed by atoms with E-state index in [2.05, 4.69) is 60.2 Å². The van der Waals surface area contributed by atoms with Gasteiger partial charge in [-0.1, -0.05) is 95.2 Å². The number of allylic oxidation sites excluding steroid dienone is 2. The van der Waals surface area contributed by atoms with Crippen molar-refractivity contribution in [2.45, 2.75) is 90.9 Å². The highest BCUT2D eigenvalue weighted by Crippen LogP contribution is 2.19. The van der Waals surface area contributed by atoms with Crippen LogP contribution in [0.2, 0.25) is 0 Å². The molecule has 0 amide bonds. The summed E-state index contributed by atoms with van der Waals surface area (Å²) in [5.74, 6) is 1.50. The van der Waals surface area contributed by atoms with Crippen LogP contribution in [0.4, 0.5) is 0 Å². The van der Waals surface area contributed by atoms with E-state index in [-0.39, 0.29) is 0 Å². The van der Waals surface area contributed by atoms with Gasteiger partial charge in [-0.2, -0.15) is 0 Å². The van der Waals surface area contributed by atoms with Crippen molar-refractivity contribution in [3.8, 4) is 17.1 Å². The molecule has 30 heavy (non-hydrogen) atoms. The Bertz CT molecular complexity index is 692. The molecule has 2 rings (SSSR count). The second-order valence-corrected chi connectivity index (χ2v) is 8.06. The predicted octanol–water partition coefficient (Wildman–Crippen LogP) is 7.95. The molecule has 0 fully saturated rings. The van der Waals surface area contributed by atoms with Gasteiger partial charge in [-0.05, 0) is 37.7 Å². The average Bonchev–Trinajstić information content (AvgIpc) is 2.79. The van der Waals surface area contributed by atoms with Gasteiger partial charge in [0.25, 0.3) is 0 Å². The molecule has 0 saturated heterocycles. The first-order chi connectivity index (χ1) is 14.8. The number of aromatic nitrogens is 2. The fraction of sp³-hybridized carbons (Fsp3) is 0.556. The van der Waals surface area contributed by atoms with Gasteiger partial charge in [-0.25, -0.2) is 9.97 Å². The van der Waals surface area contributed by atoms with Gasteiger partial charge in [0.2, 0.25) is 0 Å². The van der Waals surface area contributed by atoms with Gasteiger partial charge in [0.1, 0.15) is 0 Å². The summed E-state index contributed by atoms with van der Waals surface area (Å²) < 4.78 is 5.75. The Morgan fingerprint density at radius 1 is 0.733 bits per heavy atom.